The first-order chi connectivity index (χ1) is 15.3. The highest BCUT2D eigenvalue weighted by molar-refractivity contribution is 7.90. The fraction of sp³-hybridized carbons (Fsp3) is 0.0952. The SMILES string of the molecule is CS(=O)(=O)c1ccc(OCc2ccc(C(=O)Nc3cccc(Cl)c3-n3cncn3)o2)cc1. The van der Waals surface area contributed by atoms with Crippen molar-refractivity contribution < 1.29 is 22.4 Å². The number of aromatic nitrogens is 3. The molecular formula is C21H17ClN4O5S. The average Bonchev–Trinajstić information content (AvgIpc) is 3.44. The van der Waals surface area contributed by atoms with E-state index in [9.17, 15) is 13.2 Å². The lowest BCUT2D eigenvalue weighted by molar-refractivity contribution is 0.0992. The van der Waals surface area contributed by atoms with Gasteiger partial charge >= 0.3 is 0 Å². The largest absolute Gasteiger partial charge is 0.486 e. The summed E-state index contributed by atoms with van der Waals surface area (Å²) in [5, 5.41) is 7.21. The number of sulfone groups is 1. The van der Waals surface area contributed by atoms with Crippen LogP contribution in [0.1, 0.15) is 16.3 Å². The zero-order valence-corrected chi connectivity index (χ0v) is 18.3. The maximum absolute atomic E-state index is 12.7. The number of carbonyl (C=O) groups is 1. The number of nitrogens with zero attached hydrogens (tertiary/aromatic N) is 3. The first kappa shape index (κ1) is 21.6. The van der Waals surface area contributed by atoms with Gasteiger partial charge in [-0.05, 0) is 48.5 Å². The van der Waals surface area contributed by atoms with E-state index < -0.39 is 15.7 Å². The van der Waals surface area contributed by atoms with Crippen LogP contribution in [0.25, 0.3) is 5.69 Å². The molecule has 1 amide bonds. The van der Waals surface area contributed by atoms with Crippen LogP contribution in [0.5, 0.6) is 5.75 Å². The van der Waals surface area contributed by atoms with Gasteiger partial charge in [-0.2, -0.15) is 5.10 Å². The van der Waals surface area contributed by atoms with E-state index >= 15 is 0 Å². The Morgan fingerprint density at radius 1 is 1.16 bits per heavy atom. The minimum atomic E-state index is -3.27. The van der Waals surface area contributed by atoms with E-state index in [0.717, 1.165) is 6.26 Å². The van der Waals surface area contributed by atoms with E-state index in [2.05, 4.69) is 15.4 Å². The lowest BCUT2D eigenvalue weighted by Gasteiger charge is -2.11. The van der Waals surface area contributed by atoms with Gasteiger partial charge < -0.3 is 14.5 Å². The van der Waals surface area contributed by atoms with Gasteiger partial charge in [-0.3, -0.25) is 4.79 Å². The smallest absolute Gasteiger partial charge is 0.291 e. The molecule has 32 heavy (non-hydrogen) atoms. The van der Waals surface area contributed by atoms with Crippen molar-refractivity contribution in [1.29, 1.82) is 0 Å². The molecule has 2 heterocycles. The molecule has 0 unspecified atom stereocenters. The molecule has 2 aromatic heterocycles. The Bertz CT molecular complexity index is 1350. The lowest BCUT2D eigenvalue weighted by Crippen LogP contribution is -2.13. The first-order valence-electron chi connectivity index (χ1n) is 9.28. The van der Waals surface area contributed by atoms with Crippen molar-refractivity contribution in [3.63, 3.8) is 0 Å². The van der Waals surface area contributed by atoms with E-state index in [1.807, 2.05) is 0 Å². The van der Waals surface area contributed by atoms with Gasteiger partial charge in [0.1, 0.15) is 36.5 Å². The Kier molecular flexibility index (Phi) is 5.97. The molecule has 11 heteroatoms. The number of carbonyl (C=O) groups excluding carboxylic acids is 1. The third-order valence-electron chi connectivity index (χ3n) is 4.40. The number of para-hydroxylation sites is 1. The molecule has 0 bridgehead atoms. The lowest BCUT2D eigenvalue weighted by atomic mass is 10.2. The van der Waals surface area contributed by atoms with Gasteiger partial charge in [-0.25, -0.2) is 18.1 Å². The van der Waals surface area contributed by atoms with E-state index in [1.54, 1.807) is 36.4 Å². The molecule has 164 valence electrons. The zero-order chi connectivity index (χ0) is 22.7. The molecule has 0 aliphatic rings. The predicted molar refractivity (Wildman–Crippen MR) is 117 cm³/mol. The van der Waals surface area contributed by atoms with Crippen LogP contribution in [0.3, 0.4) is 0 Å². The fourth-order valence-electron chi connectivity index (χ4n) is 2.87. The van der Waals surface area contributed by atoms with Gasteiger partial charge in [0.2, 0.25) is 0 Å². The average molecular weight is 473 g/mol. The Morgan fingerprint density at radius 3 is 2.62 bits per heavy atom. The summed E-state index contributed by atoms with van der Waals surface area (Å²) < 4.78 is 35.7. The third kappa shape index (κ3) is 4.82. The highest BCUT2D eigenvalue weighted by Crippen LogP contribution is 2.28. The molecule has 0 fully saturated rings. The molecule has 1 N–H and O–H groups in total. The number of benzene rings is 2. The van der Waals surface area contributed by atoms with Crippen molar-refractivity contribution >= 4 is 33.0 Å². The van der Waals surface area contributed by atoms with Crippen molar-refractivity contribution in [2.75, 3.05) is 11.6 Å². The predicted octanol–water partition coefficient (Wildman–Crippen LogP) is 3.75. The monoisotopic (exact) mass is 472 g/mol. The maximum atomic E-state index is 12.7. The number of nitrogens with one attached hydrogen (secondary N) is 1. The van der Waals surface area contributed by atoms with Crippen molar-refractivity contribution in [3.8, 4) is 11.4 Å². The minimum Gasteiger partial charge on any atom is -0.486 e. The molecule has 4 rings (SSSR count). The number of hydrogen-bond donors (Lipinski definition) is 1. The summed E-state index contributed by atoms with van der Waals surface area (Å²) in [6.45, 7) is 0.0624. The van der Waals surface area contributed by atoms with Gasteiger partial charge in [0, 0.05) is 6.26 Å². The van der Waals surface area contributed by atoms with Gasteiger partial charge in [0.25, 0.3) is 5.91 Å². The van der Waals surface area contributed by atoms with Crippen molar-refractivity contribution in [2.24, 2.45) is 0 Å². The molecule has 2 aromatic carbocycles. The summed E-state index contributed by atoms with van der Waals surface area (Å²) in [5.74, 6) is 0.499. The molecule has 0 aliphatic carbocycles. The normalized spacial score (nSPS) is 11.3. The third-order valence-corrected chi connectivity index (χ3v) is 5.83. The zero-order valence-electron chi connectivity index (χ0n) is 16.7. The number of halogens is 1. The number of amides is 1. The van der Waals surface area contributed by atoms with Crippen LogP contribution in [0, 0.1) is 0 Å². The Morgan fingerprint density at radius 2 is 1.94 bits per heavy atom. The van der Waals surface area contributed by atoms with E-state index in [1.165, 1.54) is 35.5 Å². The van der Waals surface area contributed by atoms with E-state index in [-0.39, 0.29) is 17.3 Å². The number of rotatable bonds is 7. The van der Waals surface area contributed by atoms with Gasteiger partial charge in [0.15, 0.2) is 15.6 Å². The second kappa shape index (κ2) is 8.85. The van der Waals surface area contributed by atoms with Gasteiger partial charge in [-0.1, -0.05) is 17.7 Å². The molecule has 0 radical (unpaired) electrons. The molecule has 0 saturated heterocycles. The topological polar surface area (TPSA) is 116 Å². The van der Waals surface area contributed by atoms with Crippen molar-refractivity contribution in [2.45, 2.75) is 11.5 Å². The molecule has 9 nitrogen and oxygen atoms in total. The molecule has 0 atom stereocenters. The Labute approximate surface area is 188 Å². The van der Waals surface area contributed by atoms with Crippen LogP contribution >= 0.6 is 11.6 Å². The van der Waals surface area contributed by atoms with Crippen LogP contribution in [0.4, 0.5) is 5.69 Å². The summed E-state index contributed by atoms with van der Waals surface area (Å²) in [7, 11) is -3.27. The summed E-state index contributed by atoms with van der Waals surface area (Å²) in [6.07, 6.45) is 3.97. The van der Waals surface area contributed by atoms with Crippen molar-refractivity contribution in [3.05, 3.63) is 83.8 Å². The number of furan rings is 1. The van der Waals surface area contributed by atoms with Crippen LogP contribution in [-0.2, 0) is 16.4 Å². The quantitative estimate of drug-likeness (QED) is 0.435. The molecule has 0 spiro atoms. The number of hydrogen-bond acceptors (Lipinski definition) is 7. The summed E-state index contributed by atoms with van der Waals surface area (Å²) in [4.78, 5) is 16.8. The second-order valence-corrected chi connectivity index (χ2v) is 9.15. The second-order valence-electron chi connectivity index (χ2n) is 6.73. The Hall–Kier alpha value is -3.63. The standard InChI is InChI=1S/C21H17ClN4O5S/c1-32(28,29)16-8-5-14(6-9-16)30-11-15-7-10-19(31-15)21(27)25-18-4-2-3-17(22)20(18)26-13-23-12-24-26/h2-10,12-13H,11H2,1H3,(H,25,27). The van der Waals surface area contributed by atoms with Crippen LogP contribution in [-0.4, -0.2) is 35.3 Å². The van der Waals surface area contributed by atoms with Crippen molar-refractivity contribution in [1.82, 2.24) is 14.8 Å². The summed E-state index contributed by atoms with van der Waals surface area (Å²) in [5.41, 5.74) is 0.917. The van der Waals surface area contributed by atoms with Gasteiger partial charge in [0.05, 0.1) is 15.6 Å². The van der Waals surface area contributed by atoms with Crippen LogP contribution in [0.15, 0.2) is 76.6 Å². The maximum Gasteiger partial charge on any atom is 0.291 e. The highest BCUT2D eigenvalue weighted by Gasteiger charge is 2.17. The fourth-order valence-corrected chi connectivity index (χ4v) is 3.76. The Balaban J connectivity index is 1.43. The van der Waals surface area contributed by atoms with Gasteiger partial charge in [-0.15, -0.1) is 0 Å². The van der Waals surface area contributed by atoms with E-state index in [0.29, 0.717) is 27.9 Å². The highest BCUT2D eigenvalue weighted by atomic mass is 35.5. The number of anilines is 1. The molecule has 4 aromatic rings. The van der Waals surface area contributed by atoms with Crippen LogP contribution in [0.2, 0.25) is 5.02 Å². The number of ether oxygens (including phenoxy) is 1. The van der Waals surface area contributed by atoms with E-state index in [4.69, 9.17) is 20.8 Å². The molecular weight excluding hydrogens is 456 g/mol. The first-order valence-corrected chi connectivity index (χ1v) is 11.5. The van der Waals surface area contributed by atoms with Crippen LogP contribution < -0.4 is 10.1 Å². The molecule has 0 saturated carbocycles. The summed E-state index contributed by atoms with van der Waals surface area (Å²) >= 11 is 6.28. The summed E-state index contributed by atoms with van der Waals surface area (Å²) in [6, 6.07) is 14.3. The molecule has 0 aliphatic heterocycles. The minimum absolute atomic E-state index is 0.0624.